The van der Waals surface area contributed by atoms with Crippen LogP contribution in [0, 0.1) is 5.82 Å². The Morgan fingerprint density at radius 2 is 2.00 bits per heavy atom. The molecule has 0 fully saturated rings. The molecule has 0 atom stereocenters. The van der Waals surface area contributed by atoms with Crippen LogP contribution in [0.1, 0.15) is 11.1 Å². The van der Waals surface area contributed by atoms with Crippen LogP contribution in [0.15, 0.2) is 54.7 Å². The van der Waals surface area contributed by atoms with E-state index in [0.717, 1.165) is 16.9 Å². The van der Waals surface area contributed by atoms with E-state index in [0.29, 0.717) is 13.0 Å². The van der Waals surface area contributed by atoms with Crippen molar-refractivity contribution in [3.8, 4) is 5.75 Å². The molecule has 0 heterocycles. The lowest BCUT2D eigenvalue weighted by atomic mass is 10.1. The van der Waals surface area contributed by atoms with Crippen molar-refractivity contribution in [2.45, 2.75) is 6.42 Å². The van der Waals surface area contributed by atoms with Crippen molar-refractivity contribution in [2.24, 2.45) is 0 Å². The van der Waals surface area contributed by atoms with Crippen LogP contribution in [0.25, 0.3) is 6.08 Å². The molecule has 0 bridgehead atoms. The summed E-state index contributed by atoms with van der Waals surface area (Å²) in [5.41, 5.74) is 1.90. The van der Waals surface area contributed by atoms with Gasteiger partial charge in [0.2, 0.25) is 0 Å². The van der Waals surface area contributed by atoms with Crippen LogP contribution in [0.2, 0.25) is 0 Å². The fourth-order valence-electron chi connectivity index (χ4n) is 1.98. The number of ether oxygens (including phenoxy) is 1. The topological polar surface area (TPSA) is 50.4 Å². The third-order valence-electron chi connectivity index (χ3n) is 3.20. The first-order valence-corrected chi connectivity index (χ1v) is 7.27. The zero-order chi connectivity index (χ0) is 16.5. The quantitative estimate of drug-likeness (QED) is 0.859. The molecule has 0 radical (unpaired) electrons. The normalized spacial score (nSPS) is 10.5. The Bertz CT molecular complexity index is 669. The lowest BCUT2D eigenvalue weighted by molar-refractivity contribution is 0.244. The SMILES string of the molecule is COc1cccc(/C=C/NC(=O)NCCc2ccc(F)cc2)c1. The average Bonchev–Trinajstić information content (AvgIpc) is 2.57. The van der Waals surface area contributed by atoms with Crippen LogP contribution >= 0.6 is 0 Å². The van der Waals surface area contributed by atoms with Gasteiger partial charge in [-0.25, -0.2) is 9.18 Å². The second-order valence-electron chi connectivity index (χ2n) is 4.89. The summed E-state index contributed by atoms with van der Waals surface area (Å²) >= 11 is 0. The smallest absolute Gasteiger partial charge is 0.318 e. The van der Waals surface area contributed by atoms with E-state index in [1.54, 1.807) is 31.5 Å². The molecule has 2 rings (SSSR count). The molecule has 0 spiro atoms. The van der Waals surface area contributed by atoms with Crippen molar-refractivity contribution in [1.29, 1.82) is 0 Å². The van der Waals surface area contributed by atoms with Gasteiger partial charge < -0.3 is 15.4 Å². The van der Waals surface area contributed by atoms with Crippen molar-refractivity contribution in [2.75, 3.05) is 13.7 Å². The van der Waals surface area contributed by atoms with E-state index < -0.39 is 0 Å². The summed E-state index contributed by atoms with van der Waals surface area (Å²) in [6, 6.07) is 13.4. The molecule has 0 aliphatic heterocycles. The number of urea groups is 1. The molecule has 2 aromatic rings. The fourth-order valence-corrected chi connectivity index (χ4v) is 1.98. The zero-order valence-corrected chi connectivity index (χ0v) is 12.9. The molecule has 4 nitrogen and oxygen atoms in total. The highest BCUT2D eigenvalue weighted by Crippen LogP contribution is 2.13. The van der Waals surface area contributed by atoms with E-state index in [1.165, 1.54) is 12.1 Å². The fraction of sp³-hybridized carbons (Fsp3) is 0.167. The number of amides is 2. The number of halogens is 1. The van der Waals surface area contributed by atoms with E-state index >= 15 is 0 Å². The summed E-state index contributed by atoms with van der Waals surface area (Å²) in [4.78, 5) is 11.6. The molecule has 2 aromatic carbocycles. The molecular formula is C18H19FN2O2. The van der Waals surface area contributed by atoms with Gasteiger partial charge in [-0.3, -0.25) is 0 Å². The molecular weight excluding hydrogens is 295 g/mol. The number of carbonyl (C=O) groups excluding carboxylic acids is 1. The first kappa shape index (κ1) is 16.5. The Hall–Kier alpha value is -2.82. The number of benzene rings is 2. The van der Waals surface area contributed by atoms with Gasteiger partial charge in [-0.05, 0) is 47.9 Å². The van der Waals surface area contributed by atoms with E-state index in [4.69, 9.17) is 4.74 Å². The summed E-state index contributed by atoms with van der Waals surface area (Å²) in [6.07, 6.45) is 4.00. The third-order valence-corrected chi connectivity index (χ3v) is 3.20. The van der Waals surface area contributed by atoms with E-state index in [2.05, 4.69) is 10.6 Å². The van der Waals surface area contributed by atoms with Crippen LogP contribution in [-0.2, 0) is 6.42 Å². The molecule has 5 heteroatoms. The lowest BCUT2D eigenvalue weighted by Crippen LogP contribution is -2.33. The molecule has 0 saturated heterocycles. The third kappa shape index (κ3) is 5.82. The van der Waals surface area contributed by atoms with E-state index in [9.17, 15) is 9.18 Å². The van der Waals surface area contributed by atoms with Gasteiger partial charge in [0.1, 0.15) is 11.6 Å². The molecule has 2 N–H and O–H groups in total. The molecule has 2 amide bonds. The van der Waals surface area contributed by atoms with Crippen molar-refractivity contribution in [3.63, 3.8) is 0 Å². The standard InChI is InChI=1S/C18H19FN2O2/c1-23-17-4-2-3-15(13-17)10-12-21-18(22)20-11-9-14-5-7-16(19)8-6-14/h2-8,10,12-13H,9,11H2,1H3,(H2,20,21,22)/b12-10+. The Balaban J connectivity index is 1.72. The highest BCUT2D eigenvalue weighted by atomic mass is 19.1. The second-order valence-corrected chi connectivity index (χ2v) is 4.89. The van der Waals surface area contributed by atoms with Gasteiger partial charge in [0.05, 0.1) is 7.11 Å². The van der Waals surface area contributed by atoms with Gasteiger partial charge in [0.25, 0.3) is 0 Å². The lowest BCUT2D eigenvalue weighted by Gasteiger charge is -2.05. The minimum atomic E-state index is -0.286. The van der Waals surface area contributed by atoms with Crippen LogP contribution in [0.4, 0.5) is 9.18 Å². The van der Waals surface area contributed by atoms with Crippen LogP contribution < -0.4 is 15.4 Å². The first-order chi connectivity index (χ1) is 11.2. The summed E-state index contributed by atoms with van der Waals surface area (Å²) in [5.74, 6) is 0.498. The number of nitrogens with one attached hydrogen (secondary N) is 2. The molecule has 0 unspecified atom stereocenters. The van der Waals surface area contributed by atoms with Crippen molar-refractivity contribution >= 4 is 12.1 Å². The van der Waals surface area contributed by atoms with Gasteiger partial charge in [0, 0.05) is 12.7 Å². The monoisotopic (exact) mass is 314 g/mol. The minimum Gasteiger partial charge on any atom is -0.497 e. The summed E-state index contributed by atoms with van der Waals surface area (Å²) < 4.78 is 17.9. The van der Waals surface area contributed by atoms with Crippen molar-refractivity contribution < 1.29 is 13.9 Å². The maximum atomic E-state index is 12.8. The van der Waals surface area contributed by atoms with Gasteiger partial charge in [-0.15, -0.1) is 0 Å². The molecule has 0 aromatic heterocycles. The van der Waals surface area contributed by atoms with Gasteiger partial charge in [-0.2, -0.15) is 0 Å². The van der Waals surface area contributed by atoms with Gasteiger partial charge in [-0.1, -0.05) is 24.3 Å². The Kier molecular flexibility index (Phi) is 6.17. The van der Waals surface area contributed by atoms with Crippen LogP contribution in [0.5, 0.6) is 5.75 Å². The van der Waals surface area contributed by atoms with Gasteiger partial charge in [0.15, 0.2) is 0 Å². The predicted octanol–water partition coefficient (Wildman–Crippen LogP) is 3.35. The second kappa shape index (κ2) is 8.58. The number of rotatable bonds is 6. The van der Waals surface area contributed by atoms with E-state index in [-0.39, 0.29) is 11.8 Å². The Labute approximate surface area is 135 Å². The summed E-state index contributed by atoms with van der Waals surface area (Å²) in [6.45, 7) is 0.477. The average molecular weight is 314 g/mol. The number of hydrogen-bond acceptors (Lipinski definition) is 2. The molecule has 23 heavy (non-hydrogen) atoms. The number of methoxy groups -OCH3 is 1. The maximum absolute atomic E-state index is 12.8. The Morgan fingerprint density at radius 1 is 1.22 bits per heavy atom. The van der Waals surface area contributed by atoms with Crippen molar-refractivity contribution in [3.05, 3.63) is 71.7 Å². The highest BCUT2D eigenvalue weighted by molar-refractivity contribution is 5.75. The summed E-state index contributed by atoms with van der Waals surface area (Å²) in [5, 5.41) is 5.37. The van der Waals surface area contributed by atoms with Crippen LogP contribution in [0.3, 0.4) is 0 Å². The number of hydrogen-bond donors (Lipinski definition) is 2. The molecule has 0 aliphatic rings. The minimum absolute atomic E-state index is 0.262. The Morgan fingerprint density at radius 3 is 2.74 bits per heavy atom. The zero-order valence-electron chi connectivity index (χ0n) is 12.9. The molecule has 0 aliphatic carbocycles. The largest absolute Gasteiger partial charge is 0.497 e. The maximum Gasteiger partial charge on any atom is 0.318 e. The molecule has 0 saturated carbocycles. The van der Waals surface area contributed by atoms with Crippen molar-refractivity contribution in [1.82, 2.24) is 10.6 Å². The van der Waals surface area contributed by atoms with Crippen LogP contribution in [-0.4, -0.2) is 19.7 Å². The first-order valence-electron chi connectivity index (χ1n) is 7.27. The number of carbonyl (C=O) groups is 1. The van der Waals surface area contributed by atoms with E-state index in [1.807, 2.05) is 24.3 Å². The van der Waals surface area contributed by atoms with Gasteiger partial charge >= 0.3 is 6.03 Å². The summed E-state index contributed by atoms with van der Waals surface area (Å²) in [7, 11) is 1.61. The molecule has 120 valence electrons. The predicted molar refractivity (Wildman–Crippen MR) is 88.7 cm³/mol. The highest BCUT2D eigenvalue weighted by Gasteiger charge is 1.98.